The van der Waals surface area contributed by atoms with Crippen LogP contribution in [0.15, 0.2) is 30.6 Å². The summed E-state index contributed by atoms with van der Waals surface area (Å²) in [4.78, 5) is 12.2. The maximum absolute atomic E-state index is 11.9. The number of anilines is 1. The van der Waals surface area contributed by atoms with E-state index in [4.69, 9.17) is 22.7 Å². The van der Waals surface area contributed by atoms with Crippen LogP contribution in [0.5, 0.6) is 5.75 Å². The number of H-pyrrole nitrogens is 1. The highest BCUT2D eigenvalue weighted by Crippen LogP contribution is 2.26. The molecule has 4 N–H and O–H groups in total. The molecule has 0 spiro atoms. The van der Waals surface area contributed by atoms with Gasteiger partial charge in [0.15, 0.2) is 0 Å². The van der Waals surface area contributed by atoms with Crippen molar-refractivity contribution in [3.8, 4) is 5.75 Å². The molecule has 1 amide bonds. The molecule has 0 saturated heterocycles. The minimum Gasteiger partial charge on any atom is -0.495 e. The van der Waals surface area contributed by atoms with Gasteiger partial charge in [-0.25, -0.2) is 0 Å². The van der Waals surface area contributed by atoms with Crippen LogP contribution in [0.1, 0.15) is 15.9 Å². The van der Waals surface area contributed by atoms with Gasteiger partial charge in [-0.3, -0.25) is 9.89 Å². The average Bonchev–Trinajstić information content (AvgIpc) is 2.92. The molecule has 0 radical (unpaired) electrons. The predicted molar refractivity (Wildman–Crippen MR) is 75.4 cm³/mol. The normalized spacial score (nSPS) is 9.95. The number of carbonyl (C=O) groups excluding carboxylic acids is 1. The van der Waals surface area contributed by atoms with E-state index in [1.165, 1.54) is 19.5 Å². The molecule has 0 atom stereocenters. The lowest BCUT2D eigenvalue weighted by Gasteiger charge is -2.11. The minimum atomic E-state index is -0.282. The number of rotatable bonds is 4. The van der Waals surface area contributed by atoms with Gasteiger partial charge in [0, 0.05) is 11.8 Å². The Hall–Kier alpha value is -2.41. The third kappa shape index (κ3) is 2.89. The largest absolute Gasteiger partial charge is 0.495 e. The van der Waals surface area contributed by atoms with E-state index in [0.717, 1.165) is 0 Å². The highest BCUT2D eigenvalue weighted by atomic mass is 32.1. The Morgan fingerprint density at radius 3 is 2.84 bits per heavy atom. The molecule has 2 aromatic rings. The summed E-state index contributed by atoms with van der Waals surface area (Å²) >= 11 is 4.89. The quantitative estimate of drug-likeness (QED) is 0.732. The van der Waals surface area contributed by atoms with Crippen LogP contribution in [-0.2, 0) is 0 Å². The van der Waals surface area contributed by atoms with Crippen molar-refractivity contribution in [2.45, 2.75) is 0 Å². The van der Waals surface area contributed by atoms with Crippen molar-refractivity contribution in [1.29, 1.82) is 0 Å². The first-order chi connectivity index (χ1) is 9.11. The fourth-order valence-electron chi connectivity index (χ4n) is 1.52. The van der Waals surface area contributed by atoms with Gasteiger partial charge in [0.2, 0.25) is 0 Å². The summed E-state index contributed by atoms with van der Waals surface area (Å²) in [6.07, 6.45) is 2.94. The van der Waals surface area contributed by atoms with Gasteiger partial charge in [-0.2, -0.15) is 5.10 Å². The molecule has 2 rings (SSSR count). The first kappa shape index (κ1) is 13.0. The highest BCUT2D eigenvalue weighted by Gasteiger charge is 2.11. The molecule has 0 bridgehead atoms. The van der Waals surface area contributed by atoms with E-state index < -0.39 is 0 Å². The number of amides is 1. The van der Waals surface area contributed by atoms with Crippen LogP contribution >= 0.6 is 12.2 Å². The van der Waals surface area contributed by atoms with Crippen LogP contribution in [0, 0.1) is 0 Å². The van der Waals surface area contributed by atoms with Gasteiger partial charge in [-0.05, 0) is 18.2 Å². The average molecular weight is 276 g/mol. The van der Waals surface area contributed by atoms with Crippen LogP contribution in [0.25, 0.3) is 0 Å². The first-order valence-corrected chi connectivity index (χ1v) is 5.80. The lowest BCUT2D eigenvalue weighted by molar-refractivity contribution is 0.102. The number of nitrogens with one attached hydrogen (secondary N) is 2. The van der Waals surface area contributed by atoms with Gasteiger partial charge in [0.1, 0.15) is 10.7 Å². The van der Waals surface area contributed by atoms with E-state index in [-0.39, 0.29) is 10.9 Å². The maximum Gasteiger partial charge on any atom is 0.258 e. The Labute approximate surface area is 115 Å². The summed E-state index contributed by atoms with van der Waals surface area (Å²) in [6, 6.07) is 5.08. The molecule has 1 aromatic carbocycles. The van der Waals surface area contributed by atoms with E-state index in [9.17, 15) is 4.79 Å². The van der Waals surface area contributed by atoms with Gasteiger partial charge in [-0.15, -0.1) is 0 Å². The Kier molecular flexibility index (Phi) is 3.76. The number of methoxy groups -OCH3 is 1. The molecule has 0 unspecified atom stereocenters. The number of aromatic nitrogens is 2. The zero-order valence-corrected chi connectivity index (χ0v) is 11.0. The number of ether oxygens (including phenoxy) is 1. The Morgan fingerprint density at radius 2 is 2.26 bits per heavy atom. The van der Waals surface area contributed by atoms with E-state index >= 15 is 0 Å². The maximum atomic E-state index is 11.9. The fourth-order valence-corrected chi connectivity index (χ4v) is 1.64. The van der Waals surface area contributed by atoms with Crippen molar-refractivity contribution in [1.82, 2.24) is 10.2 Å². The van der Waals surface area contributed by atoms with Crippen LogP contribution in [-0.4, -0.2) is 28.2 Å². The topological polar surface area (TPSA) is 93.0 Å². The van der Waals surface area contributed by atoms with Crippen molar-refractivity contribution in [3.05, 3.63) is 41.7 Å². The SMILES string of the molecule is COc1cc(C(N)=S)ccc1NC(=O)c1cn[nH]c1. The third-order valence-corrected chi connectivity index (χ3v) is 2.73. The second kappa shape index (κ2) is 5.49. The highest BCUT2D eigenvalue weighted by molar-refractivity contribution is 7.80. The number of nitrogens with zero attached hydrogens (tertiary/aromatic N) is 1. The molecular weight excluding hydrogens is 264 g/mol. The van der Waals surface area contributed by atoms with Crippen LogP contribution in [0.3, 0.4) is 0 Å². The summed E-state index contributed by atoms with van der Waals surface area (Å²) in [5, 5.41) is 9.01. The van der Waals surface area contributed by atoms with Crippen LogP contribution in [0.4, 0.5) is 5.69 Å². The lowest BCUT2D eigenvalue weighted by Crippen LogP contribution is -2.13. The second-order valence-electron chi connectivity index (χ2n) is 3.72. The van der Waals surface area contributed by atoms with E-state index in [1.54, 1.807) is 18.2 Å². The van der Waals surface area contributed by atoms with Gasteiger partial charge < -0.3 is 15.8 Å². The van der Waals surface area contributed by atoms with Crippen molar-refractivity contribution in [3.63, 3.8) is 0 Å². The van der Waals surface area contributed by atoms with E-state index in [1.807, 2.05) is 0 Å². The summed E-state index contributed by atoms with van der Waals surface area (Å²) in [5.74, 6) is 0.206. The van der Waals surface area contributed by atoms with Crippen LogP contribution in [0.2, 0.25) is 0 Å². The lowest BCUT2D eigenvalue weighted by atomic mass is 10.2. The number of hydrogen-bond acceptors (Lipinski definition) is 4. The summed E-state index contributed by atoms with van der Waals surface area (Å²) in [5.41, 5.74) is 7.18. The van der Waals surface area contributed by atoms with Gasteiger partial charge in [0.25, 0.3) is 5.91 Å². The summed E-state index contributed by atoms with van der Waals surface area (Å²) in [6.45, 7) is 0. The zero-order valence-electron chi connectivity index (χ0n) is 10.1. The smallest absolute Gasteiger partial charge is 0.258 e. The van der Waals surface area contributed by atoms with Gasteiger partial charge in [0.05, 0.1) is 24.6 Å². The molecule has 0 fully saturated rings. The number of aromatic amines is 1. The third-order valence-electron chi connectivity index (χ3n) is 2.49. The summed E-state index contributed by atoms with van der Waals surface area (Å²) < 4.78 is 5.20. The molecule has 7 heteroatoms. The standard InChI is InChI=1S/C12H12N4O2S/c1-18-10-4-7(11(13)19)2-3-9(10)16-12(17)8-5-14-15-6-8/h2-6H,1H3,(H2,13,19)(H,14,15)(H,16,17). The molecule has 0 aliphatic rings. The fraction of sp³-hybridized carbons (Fsp3) is 0.0833. The minimum absolute atomic E-state index is 0.269. The first-order valence-electron chi connectivity index (χ1n) is 5.40. The molecule has 0 aliphatic carbocycles. The molecule has 0 saturated carbocycles. The van der Waals surface area contributed by atoms with Crippen molar-refractivity contribution in [2.75, 3.05) is 12.4 Å². The molecule has 98 valence electrons. The monoisotopic (exact) mass is 276 g/mol. The number of nitrogens with two attached hydrogens (primary N) is 1. The number of benzene rings is 1. The van der Waals surface area contributed by atoms with Gasteiger partial charge >= 0.3 is 0 Å². The summed E-state index contributed by atoms with van der Waals surface area (Å²) in [7, 11) is 1.51. The van der Waals surface area contributed by atoms with E-state index in [0.29, 0.717) is 22.6 Å². The predicted octanol–water partition coefficient (Wildman–Crippen LogP) is 1.30. The molecular formula is C12H12N4O2S. The molecule has 1 aromatic heterocycles. The van der Waals surface area contributed by atoms with Crippen LogP contribution < -0.4 is 15.8 Å². The van der Waals surface area contributed by atoms with Crippen molar-refractivity contribution in [2.24, 2.45) is 5.73 Å². The molecule has 1 heterocycles. The van der Waals surface area contributed by atoms with E-state index in [2.05, 4.69) is 15.5 Å². The Bertz CT molecular complexity index is 610. The van der Waals surface area contributed by atoms with Crippen molar-refractivity contribution < 1.29 is 9.53 Å². The van der Waals surface area contributed by atoms with Gasteiger partial charge in [-0.1, -0.05) is 12.2 Å². The number of hydrogen-bond donors (Lipinski definition) is 3. The number of carbonyl (C=O) groups is 1. The second-order valence-corrected chi connectivity index (χ2v) is 4.16. The molecule has 19 heavy (non-hydrogen) atoms. The molecule has 0 aliphatic heterocycles. The van der Waals surface area contributed by atoms with Crippen molar-refractivity contribution >= 4 is 28.8 Å². The molecule has 6 nitrogen and oxygen atoms in total. The number of thiocarbonyl (C=S) groups is 1. The Balaban J connectivity index is 2.25. The zero-order chi connectivity index (χ0) is 13.8. The Morgan fingerprint density at radius 1 is 1.47 bits per heavy atom.